The van der Waals surface area contributed by atoms with E-state index in [9.17, 15) is 14.7 Å². The van der Waals surface area contributed by atoms with Crippen molar-refractivity contribution < 1.29 is 19.4 Å². The van der Waals surface area contributed by atoms with Crippen molar-refractivity contribution in [2.75, 3.05) is 12.4 Å². The Hall–Kier alpha value is -2.05. The van der Waals surface area contributed by atoms with Gasteiger partial charge in [0.1, 0.15) is 5.75 Å². The molecule has 1 amide bonds. The van der Waals surface area contributed by atoms with Crippen LogP contribution in [-0.2, 0) is 0 Å². The maximum absolute atomic E-state index is 12.3. The van der Waals surface area contributed by atoms with E-state index in [1.54, 1.807) is 18.2 Å². The molecule has 2 aromatic rings. The Labute approximate surface area is 140 Å². The third-order valence-corrected chi connectivity index (χ3v) is 3.58. The largest absolute Gasteiger partial charge is 0.545 e. The number of carbonyl (C=O) groups excluding carboxylic acids is 2. The van der Waals surface area contributed by atoms with Crippen molar-refractivity contribution in [2.45, 2.75) is 0 Å². The number of hydrogen-bond donors (Lipinski definition) is 1. The highest BCUT2D eigenvalue weighted by molar-refractivity contribution is 9.10. The highest BCUT2D eigenvalue weighted by atomic mass is 79.9. The van der Waals surface area contributed by atoms with E-state index in [0.29, 0.717) is 15.2 Å². The fourth-order valence-electron chi connectivity index (χ4n) is 1.84. The number of rotatable bonds is 4. The van der Waals surface area contributed by atoms with Gasteiger partial charge in [-0.2, -0.15) is 0 Å². The van der Waals surface area contributed by atoms with Crippen LogP contribution in [0.1, 0.15) is 20.7 Å². The summed E-state index contributed by atoms with van der Waals surface area (Å²) >= 11 is 9.04. The molecule has 0 aliphatic rings. The third-order valence-electron chi connectivity index (χ3n) is 2.86. The Morgan fingerprint density at radius 1 is 1.18 bits per heavy atom. The van der Waals surface area contributed by atoms with Gasteiger partial charge in [-0.05, 0) is 36.4 Å². The summed E-state index contributed by atoms with van der Waals surface area (Å²) in [6, 6.07) is 9.00. The molecule has 0 atom stereocenters. The minimum Gasteiger partial charge on any atom is -0.545 e. The number of nitrogens with one attached hydrogen (secondary N) is 1. The molecular weight excluding hydrogens is 374 g/mol. The van der Waals surface area contributed by atoms with E-state index < -0.39 is 11.9 Å². The van der Waals surface area contributed by atoms with Gasteiger partial charge in [0.2, 0.25) is 0 Å². The van der Waals surface area contributed by atoms with Crippen LogP contribution in [0.3, 0.4) is 0 Å². The van der Waals surface area contributed by atoms with Crippen molar-refractivity contribution in [3.8, 4) is 5.75 Å². The summed E-state index contributed by atoms with van der Waals surface area (Å²) in [5.74, 6) is -1.60. The van der Waals surface area contributed by atoms with Gasteiger partial charge >= 0.3 is 0 Å². The van der Waals surface area contributed by atoms with Crippen molar-refractivity contribution in [1.29, 1.82) is 0 Å². The molecule has 22 heavy (non-hydrogen) atoms. The first-order valence-electron chi connectivity index (χ1n) is 6.08. The molecule has 0 radical (unpaired) electrons. The predicted molar refractivity (Wildman–Crippen MR) is 84.4 cm³/mol. The zero-order valence-corrected chi connectivity index (χ0v) is 13.7. The fraction of sp³-hybridized carbons (Fsp3) is 0.0667. The standard InChI is InChI=1S/C15H11BrClNO4/c1-22-13-5-3-9(17)7-11(13)14(19)18-12-4-2-8(16)6-10(12)15(20)21/h2-7H,1H3,(H,18,19)(H,20,21)/p-1. The van der Waals surface area contributed by atoms with Crippen LogP contribution in [-0.4, -0.2) is 19.0 Å². The molecule has 0 fully saturated rings. The average molecular weight is 384 g/mol. The quantitative estimate of drug-likeness (QED) is 0.880. The first-order chi connectivity index (χ1) is 10.4. The van der Waals surface area contributed by atoms with E-state index in [1.165, 1.54) is 25.3 Å². The average Bonchev–Trinajstić information content (AvgIpc) is 2.48. The zero-order chi connectivity index (χ0) is 16.3. The van der Waals surface area contributed by atoms with Gasteiger partial charge in [-0.15, -0.1) is 0 Å². The van der Waals surface area contributed by atoms with E-state index >= 15 is 0 Å². The van der Waals surface area contributed by atoms with E-state index in [-0.39, 0.29) is 16.8 Å². The summed E-state index contributed by atoms with van der Waals surface area (Å²) in [6.45, 7) is 0. The van der Waals surface area contributed by atoms with Crippen LogP contribution in [0, 0.1) is 0 Å². The minimum absolute atomic E-state index is 0.121. The van der Waals surface area contributed by atoms with E-state index in [4.69, 9.17) is 16.3 Å². The first-order valence-corrected chi connectivity index (χ1v) is 7.25. The van der Waals surface area contributed by atoms with Crippen LogP contribution in [0.15, 0.2) is 40.9 Å². The van der Waals surface area contributed by atoms with Crippen molar-refractivity contribution in [1.82, 2.24) is 0 Å². The Morgan fingerprint density at radius 2 is 1.91 bits per heavy atom. The molecular formula is C15H10BrClNO4-. The van der Waals surface area contributed by atoms with Gasteiger partial charge in [0.25, 0.3) is 5.91 Å². The molecule has 0 bridgehead atoms. The molecule has 114 valence electrons. The van der Waals surface area contributed by atoms with E-state index in [2.05, 4.69) is 21.2 Å². The third kappa shape index (κ3) is 3.58. The molecule has 2 rings (SSSR count). The van der Waals surface area contributed by atoms with Gasteiger partial charge in [0, 0.05) is 15.1 Å². The topological polar surface area (TPSA) is 78.5 Å². The lowest BCUT2D eigenvalue weighted by Crippen LogP contribution is -2.25. The first kappa shape index (κ1) is 16.3. The van der Waals surface area contributed by atoms with Gasteiger partial charge in [0.05, 0.1) is 24.3 Å². The van der Waals surface area contributed by atoms with Crippen molar-refractivity contribution in [3.05, 3.63) is 57.0 Å². The summed E-state index contributed by atoms with van der Waals surface area (Å²) in [4.78, 5) is 23.5. The number of halogens is 2. The van der Waals surface area contributed by atoms with E-state index in [0.717, 1.165) is 0 Å². The number of ether oxygens (including phenoxy) is 1. The smallest absolute Gasteiger partial charge is 0.259 e. The fourth-order valence-corrected chi connectivity index (χ4v) is 2.37. The van der Waals surface area contributed by atoms with E-state index in [1.807, 2.05) is 0 Å². The summed E-state index contributed by atoms with van der Waals surface area (Å²) in [6.07, 6.45) is 0. The number of methoxy groups -OCH3 is 1. The molecule has 0 aliphatic heterocycles. The Bertz CT molecular complexity index is 748. The highest BCUT2D eigenvalue weighted by Gasteiger charge is 2.15. The van der Waals surface area contributed by atoms with Gasteiger partial charge in [-0.25, -0.2) is 0 Å². The van der Waals surface area contributed by atoms with Crippen LogP contribution >= 0.6 is 27.5 Å². The number of anilines is 1. The lowest BCUT2D eigenvalue weighted by Gasteiger charge is -2.14. The zero-order valence-electron chi connectivity index (χ0n) is 11.4. The number of carboxylic acids is 1. The number of benzene rings is 2. The lowest BCUT2D eigenvalue weighted by atomic mass is 10.1. The number of amides is 1. The lowest BCUT2D eigenvalue weighted by molar-refractivity contribution is -0.254. The molecule has 0 aromatic heterocycles. The summed E-state index contributed by atoms with van der Waals surface area (Å²) in [5.41, 5.74) is 0.182. The molecule has 2 aromatic carbocycles. The Kier molecular flexibility index (Phi) is 5.05. The number of aromatic carboxylic acids is 1. The second kappa shape index (κ2) is 6.81. The molecule has 0 saturated carbocycles. The Morgan fingerprint density at radius 3 is 2.55 bits per heavy atom. The van der Waals surface area contributed by atoms with Crippen molar-refractivity contribution in [3.63, 3.8) is 0 Å². The Balaban J connectivity index is 2.38. The van der Waals surface area contributed by atoms with Crippen LogP contribution in [0.25, 0.3) is 0 Å². The molecule has 7 heteroatoms. The molecule has 0 spiro atoms. The monoisotopic (exact) mass is 382 g/mol. The van der Waals surface area contributed by atoms with Crippen molar-refractivity contribution >= 4 is 45.1 Å². The molecule has 0 aliphatic carbocycles. The number of hydrogen-bond acceptors (Lipinski definition) is 4. The predicted octanol–water partition coefficient (Wildman–Crippen LogP) is 2.73. The van der Waals surface area contributed by atoms with Crippen LogP contribution in [0.5, 0.6) is 5.75 Å². The van der Waals surface area contributed by atoms with Gasteiger partial charge in [-0.1, -0.05) is 27.5 Å². The second-order valence-electron chi connectivity index (χ2n) is 4.28. The molecule has 5 nitrogen and oxygen atoms in total. The summed E-state index contributed by atoms with van der Waals surface area (Å²) < 4.78 is 5.66. The van der Waals surface area contributed by atoms with Crippen LogP contribution < -0.4 is 15.2 Å². The number of carbonyl (C=O) groups is 2. The van der Waals surface area contributed by atoms with Crippen LogP contribution in [0.4, 0.5) is 5.69 Å². The normalized spacial score (nSPS) is 10.1. The van der Waals surface area contributed by atoms with Crippen molar-refractivity contribution in [2.24, 2.45) is 0 Å². The SMILES string of the molecule is COc1ccc(Cl)cc1C(=O)Nc1ccc(Br)cc1C(=O)[O-]. The molecule has 0 saturated heterocycles. The molecule has 1 N–H and O–H groups in total. The van der Waals surface area contributed by atoms with Gasteiger partial charge in [0.15, 0.2) is 0 Å². The maximum Gasteiger partial charge on any atom is 0.259 e. The highest BCUT2D eigenvalue weighted by Crippen LogP contribution is 2.25. The number of carboxylic acid groups (broad SMARTS) is 1. The maximum atomic E-state index is 12.3. The van der Waals surface area contributed by atoms with Gasteiger partial charge < -0.3 is 20.0 Å². The minimum atomic E-state index is -1.39. The summed E-state index contributed by atoms with van der Waals surface area (Å²) in [5, 5.41) is 14.0. The molecule has 0 unspecified atom stereocenters. The van der Waals surface area contributed by atoms with Gasteiger partial charge in [-0.3, -0.25) is 4.79 Å². The second-order valence-corrected chi connectivity index (χ2v) is 5.63. The van der Waals surface area contributed by atoms with Crippen LogP contribution in [0.2, 0.25) is 5.02 Å². The molecule has 0 heterocycles. The summed E-state index contributed by atoms with van der Waals surface area (Å²) in [7, 11) is 1.42.